The lowest BCUT2D eigenvalue weighted by Gasteiger charge is -2.22. The zero-order valence-corrected chi connectivity index (χ0v) is 21.6. The van der Waals surface area contributed by atoms with Crippen LogP contribution in [0.3, 0.4) is 0 Å². The fourth-order valence-corrected chi connectivity index (χ4v) is 4.55. The molecule has 0 bridgehead atoms. The molecule has 13 heteroatoms. The molecule has 1 aromatic carbocycles. The van der Waals surface area contributed by atoms with Gasteiger partial charge in [-0.25, -0.2) is 19.2 Å². The number of nitrogens with zero attached hydrogens (tertiary/aromatic N) is 6. The van der Waals surface area contributed by atoms with Gasteiger partial charge in [-0.1, -0.05) is 6.07 Å². The number of ether oxygens (including phenoxy) is 3. The highest BCUT2D eigenvalue weighted by molar-refractivity contribution is 7.87. The molecule has 0 saturated carbocycles. The van der Waals surface area contributed by atoms with Crippen molar-refractivity contribution in [2.75, 3.05) is 26.1 Å². The summed E-state index contributed by atoms with van der Waals surface area (Å²) in [5, 5.41) is 8.01. The van der Waals surface area contributed by atoms with Gasteiger partial charge in [0.25, 0.3) is 0 Å². The molecule has 3 aromatic heterocycles. The first kappa shape index (κ1) is 25.3. The number of hydrogen-bond donors (Lipinski definition) is 1. The zero-order valence-electron chi connectivity index (χ0n) is 20.8. The van der Waals surface area contributed by atoms with Gasteiger partial charge in [0.05, 0.1) is 19.5 Å². The molecule has 3 unspecified atom stereocenters. The highest BCUT2D eigenvalue weighted by Crippen LogP contribution is 2.37. The number of rotatable bonds is 10. The Balaban J connectivity index is 1.77. The molecule has 4 aromatic rings. The molecule has 0 amide bonds. The first-order valence-corrected chi connectivity index (χ1v) is 12.2. The van der Waals surface area contributed by atoms with Gasteiger partial charge in [-0.05, 0) is 31.5 Å². The van der Waals surface area contributed by atoms with Crippen LogP contribution in [-0.4, -0.2) is 60.5 Å². The van der Waals surface area contributed by atoms with Gasteiger partial charge in [-0.3, -0.25) is 9.29 Å². The Morgan fingerprint density at radius 2 is 1.72 bits per heavy atom. The third kappa shape index (κ3) is 4.93. The lowest BCUT2D eigenvalue weighted by molar-refractivity contribution is 0.0961. The van der Waals surface area contributed by atoms with Gasteiger partial charge in [0.15, 0.2) is 17.5 Å². The lowest BCUT2D eigenvalue weighted by Crippen LogP contribution is -2.28. The quantitative estimate of drug-likeness (QED) is 0.336. The maximum atomic E-state index is 13.5. The van der Waals surface area contributed by atoms with E-state index in [1.807, 2.05) is 6.92 Å². The minimum atomic E-state index is -1.69. The fraction of sp³-hybridized carbons (Fsp3) is 0.348. The molecule has 3 heterocycles. The van der Waals surface area contributed by atoms with Gasteiger partial charge in [-0.15, -0.1) is 10.2 Å². The third-order valence-corrected chi connectivity index (χ3v) is 6.71. The minimum absolute atomic E-state index is 0.179. The van der Waals surface area contributed by atoms with Gasteiger partial charge < -0.3 is 18.6 Å². The van der Waals surface area contributed by atoms with E-state index in [4.69, 9.17) is 18.6 Å². The van der Waals surface area contributed by atoms with Gasteiger partial charge in [0.1, 0.15) is 46.2 Å². The molecule has 0 aliphatic heterocycles. The molecule has 0 saturated heterocycles. The number of anilines is 1. The van der Waals surface area contributed by atoms with E-state index in [1.165, 1.54) is 13.4 Å². The minimum Gasteiger partial charge on any atom is -0.494 e. The number of methoxy groups -OCH3 is 3. The summed E-state index contributed by atoms with van der Waals surface area (Å²) in [5.74, 6) is 2.38. The number of para-hydroxylation sites is 1. The maximum Gasteiger partial charge on any atom is 0.241 e. The van der Waals surface area contributed by atoms with Crippen LogP contribution in [0.5, 0.6) is 11.5 Å². The molecule has 0 spiro atoms. The Hall–Kier alpha value is -3.84. The summed E-state index contributed by atoms with van der Waals surface area (Å²) >= 11 is 0. The van der Waals surface area contributed by atoms with Crippen molar-refractivity contribution < 1.29 is 22.8 Å². The van der Waals surface area contributed by atoms with Crippen LogP contribution >= 0.6 is 0 Å². The van der Waals surface area contributed by atoms with Crippen LogP contribution < -0.4 is 14.2 Å². The summed E-state index contributed by atoms with van der Waals surface area (Å²) in [4.78, 5) is 13.0. The molecule has 190 valence electrons. The van der Waals surface area contributed by atoms with Gasteiger partial charge in [0, 0.05) is 26.4 Å². The van der Waals surface area contributed by atoms with Crippen LogP contribution in [0.4, 0.5) is 5.95 Å². The van der Waals surface area contributed by atoms with Crippen LogP contribution in [-0.2, 0) is 15.7 Å². The fourth-order valence-electron chi connectivity index (χ4n) is 3.60. The summed E-state index contributed by atoms with van der Waals surface area (Å²) in [5.41, 5.74) is 1.85. The lowest BCUT2D eigenvalue weighted by atomic mass is 10.2. The zero-order chi connectivity index (χ0) is 25.8. The van der Waals surface area contributed by atoms with Crippen LogP contribution in [0.1, 0.15) is 30.3 Å². The van der Waals surface area contributed by atoms with Crippen molar-refractivity contribution in [3.63, 3.8) is 0 Å². The first-order valence-electron chi connectivity index (χ1n) is 11.0. The molecule has 12 nitrogen and oxygen atoms in total. The molecule has 36 heavy (non-hydrogen) atoms. The monoisotopic (exact) mass is 513 g/mol. The van der Waals surface area contributed by atoms with Crippen LogP contribution in [0.25, 0.3) is 17.2 Å². The Kier molecular flexibility index (Phi) is 7.60. The summed E-state index contributed by atoms with van der Waals surface area (Å²) < 4.78 is 40.3. The van der Waals surface area contributed by atoms with Crippen LogP contribution in [0, 0.1) is 13.8 Å². The largest absolute Gasteiger partial charge is 0.494 e. The van der Waals surface area contributed by atoms with Crippen LogP contribution in [0.2, 0.25) is 0 Å². The van der Waals surface area contributed by atoms with Gasteiger partial charge >= 0.3 is 0 Å². The average Bonchev–Trinajstić information content (AvgIpc) is 3.50. The van der Waals surface area contributed by atoms with Crippen molar-refractivity contribution in [1.29, 1.82) is 0 Å². The Bertz CT molecular complexity index is 1330. The van der Waals surface area contributed by atoms with Crippen molar-refractivity contribution >= 4 is 16.9 Å². The van der Waals surface area contributed by atoms with E-state index in [-0.39, 0.29) is 5.95 Å². The van der Waals surface area contributed by atoms with E-state index in [0.717, 1.165) is 5.56 Å². The standard InChI is InChI=1S/C23H27N7O5S/c1-13-10-24-21(25-11-13)20(34-6)14(2)36(31)29-23-28-27-22(16-12-35-15(3)26-16)30(23)19-17(32-4)8-7-9-18(19)33-5/h7-12,14,20H,1-6H3,(H,28,29). The molecule has 3 atom stereocenters. The average molecular weight is 514 g/mol. The highest BCUT2D eigenvalue weighted by atomic mass is 32.2. The summed E-state index contributed by atoms with van der Waals surface area (Å²) in [7, 11) is 2.91. The van der Waals surface area contributed by atoms with Gasteiger partial charge in [-0.2, -0.15) is 0 Å². The number of nitrogens with one attached hydrogen (secondary N) is 1. The second kappa shape index (κ2) is 10.8. The van der Waals surface area contributed by atoms with Crippen molar-refractivity contribution in [1.82, 2.24) is 29.7 Å². The molecule has 0 fully saturated rings. The summed E-state index contributed by atoms with van der Waals surface area (Å²) in [6.45, 7) is 5.39. The second-order valence-corrected chi connectivity index (χ2v) is 9.37. The topological polar surface area (TPSA) is 139 Å². The Morgan fingerprint density at radius 1 is 1.06 bits per heavy atom. The maximum absolute atomic E-state index is 13.5. The normalized spacial score (nSPS) is 13.7. The Labute approximate surface area is 210 Å². The molecule has 0 aliphatic rings. The van der Waals surface area contributed by atoms with Crippen molar-refractivity contribution in [2.24, 2.45) is 0 Å². The number of benzene rings is 1. The van der Waals surface area contributed by atoms with Crippen LogP contribution in [0.15, 0.2) is 41.3 Å². The molecule has 0 radical (unpaired) electrons. The van der Waals surface area contributed by atoms with E-state index < -0.39 is 22.3 Å². The SMILES string of the molecule is COc1cccc(OC)c1-n1c(NS(=O)C(C)C(OC)c2ncc(C)cn2)nnc1-c1coc(C)n1. The van der Waals surface area contributed by atoms with Gasteiger partial charge in [0.2, 0.25) is 5.95 Å². The number of aromatic nitrogens is 6. The van der Waals surface area contributed by atoms with E-state index in [9.17, 15) is 4.21 Å². The molecular weight excluding hydrogens is 486 g/mol. The number of aryl methyl sites for hydroxylation is 2. The highest BCUT2D eigenvalue weighted by Gasteiger charge is 2.30. The summed E-state index contributed by atoms with van der Waals surface area (Å²) in [6.07, 6.45) is 4.22. The molecule has 0 aliphatic carbocycles. The predicted molar refractivity (Wildman–Crippen MR) is 132 cm³/mol. The molecular formula is C23H27N7O5S. The van der Waals surface area contributed by atoms with Crippen molar-refractivity contribution in [3.8, 4) is 28.7 Å². The van der Waals surface area contributed by atoms with E-state index >= 15 is 0 Å². The van der Waals surface area contributed by atoms with E-state index in [0.29, 0.717) is 40.4 Å². The second-order valence-electron chi connectivity index (χ2n) is 7.83. The number of hydrogen-bond acceptors (Lipinski definition) is 10. The number of oxazole rings is 1. The van der Waals surface area contributed by atoms with E-state index in [2.05, 4.69) is 29.9 Å². The predicted octanol–water partition coefficient (Wildman–Crippen LogP) is 3.20. The smallest absolute Gasteiger partial charge is 0.241 e. The van der Waals surface area contributed by atoms with Crippen molar-refractivity contribution in [3.05, 3.63) is 54.1 Å². The third-order valence-electron chi connectivity index (χ3n) is 5.40. The molecule has 4 rings (SSSR count). The first-order chi connectivity index (χ1) is 17.4. The Morgan fingerprint density at radius 3 is 2.28 bits per heavy atom. The summed E-state index contributed by atoms with van der Waals surface area (Å²) in [6, 6.07) is 5.34. The molecule has 1 N–H and O–H groups in total. The van der Waals surface area contributed by atoms with E-state index in [1.54, 1.807) is 63.2 Å². The van der Waals surface area contributed by atoms with Crippen molar-refractivity contribution in [2.45, 2.75) is 32.1 Å².